The van der Waals surface area contributed by atoms with Crippen molar-refractivity contribution in [2.45, 2.75) is 25.3 Å². The monoisotopic (exact) mass is 264 g/mol. The Balaban J connectivity index is 2.00. The average molecular weight is 264 g/mol. The molecule has 0 atom stereocenters. The van der Waals surface area contributed by atoms with E-state index in [9.17, 15) is 4.79 Å². The third kappa shape index (κ3) is 3.38. The first-order valence-corrected chi connectivity index (χ1v) is 6.57. The van der Waals surface area contributed by atoms with E-state index in [-0.39, 0.29) is 18.7 Å². The number of aliphatic hydroxyl groups is 1. The molecule has 19 heavy (non-hydrogen) atoms. The number of amides is 2. The fourth-order valence-electron chi connectivity index (χ4n) is 2.15. The summed E-state index contributed by atoms with van der Waals surface area (Å²) in [5.74, 6) is 0.704. The zero-order valence-corrected chi connectivity index (χ0v) is 11.1. The number of anilines is 1. The lowest BCUT2D eigenvalue weighted by molar-refractivity contribution is 0.127. The van der Waals surface area contributed by atoms with E-state index in [1.165, 1.54) is 0 Å². The van der Waals surface area contributed by atoms with Crippen LogP contribution in [0.25, 0.3) is 0 Å². The van der Waals surface area contributed by atoms with Crippen molar-refractivity contribution in [3.8, 4) is 5.75 Å². The molecule has 2 rings (SSSR count). The van der Waals surface area contributed by atoms with Gasteiger partial charge >= 0.3 is 6.03 Å². The van der Waals surface area contributed by atoms with E-state index in [0.29, 0.717) is 18.0 Å². The van der Waals surface area contributed by atoms with Gasteiger partial charge in [-0.3, -0.25) is 0 Å². The molecule has 0 unspecified atom stereocenters. The number of hydrogen-bond donors (Lipinski definition) is 2. The van der Waals surface area contributed by atoms with Crippen LogP contribution in [-0.2, 0) is 0 Å². The van der Waals surface area contributed by atoms with Crippen LogP contribution >= 0.6 is 0 Å². The van der Waals surface area contributed by atoms with E-state index in [0.717, 1.165) is 19.3 Å². The summed E-state index contributed by atoms with van der Waals surface area (Å²) in [6.45, 7) is 0.364. The topological polar surface area (TPSA) is 61.8 Å². The van der Waals surface area contributed by atoms with E-state index < -0.39 is 0 Å². The molecule has 2 N–H and O–H groups in total. The number of ether oxygens (including phenoxy) is 1. The van der Waals surface area contributed by atoms with E-state index in [4.69, 9.17) is 9.84 Å². The molecule has 1 aliphatic carbocycles. The minimum atomic E-state index is -0.160. The molecule has 1 aliphatic rings. The summed E-state index contributed by atoms with van der Waals surface area (Å²) in [7, 11) is 1.59. The summed E-state index contributed by atoms with van der Waals surface area (Å²) in [6.07, 6.45) is 3.19. The standard InChI is InChI=1S/C14H20N2O3/c1-19-13-7-2-4-11(10-13)15-14(18)16(8-9-17)12-5-3-6-12/h2,4,7,10,12,17H,3,5-6,8-9H2,1H3,(H,15,18). The third-order valence-electron chi connectivity index (χ3n) is 3.44. The van der Waals surface area contributed by atoms with Crippen LogP contribution in [0.5, 0.6) is 5.75 Å². The number of aliphatic hydroxyl groups excluding tert-OH is 1. The maximum Gasteiger partial charge on any atom is 0.322 e. The Labute approximate surface area is 113 Å². The largest absolute Gasteiger partial charge is 0.497 e. The SMILES string of the molecule is COc1cccc(NC(=O)N(CCO)C2CCC2)c1. The number of rotatable bonds is 5. The lowest BCUT2D eigenvalue weighted by Gasteiger charge is -2.37. The molecule has 0 spiro atoms. The molecular weight excluding hydrogens is 244 g/mol. The van der Waals surface area contributed by atoms with Gasteiger partial charge in [-0.1, -0.05) is 6.07 Å². The first-order chi connectivity index (χ1) is 9.24. The fraction of sp³-hybridized carbons (Fsp3) is 0.500. The average Bonchev–Trinajstić information content (AvgIpc) is 2.36. The van der Waals surface area contributed by atoms with Gasteiger partial charge in [0.2, 0.25) is 0 Å². The number of hydrogen-bond acceptors (Lipinski definition) is 3. The minimum absolute atomic E-state index is 0.0119. The van der Waals surface area contributed by atoms with Crippen LogP contribution in [0, 0.1) is 0 Å². The Kier molecular flexibility index (Phi) is 4.63. The zero-order chi connectivity index (χ0) is 13.7. The third-order valence-corrected chi connectivity index (χ3v) is 3.44. The van der Waals surface area contributed by atoms with Crippen molar-refractivity contribution in [2.75, 3.05) is 25.6 Å². The lowest BCUT2D eigenvalue weighted by atomic mass is 9.92. The molecule has 0 aliphatic heterocycles. The number of carbonyl (C=O) groups excluding carboxylic acids is 1. The summed E-state index contributed by atoms with van der Waals surface area (Å²) >= 11 is 0. The van der Waals surface area contributed by atoms with Crippen LogP contribution in [-0.4, -0.2) is 42.3 Å². The zero-order valence-electron chi connectivity index (χ0n) is 11.1. The molecule has 0 radical (unpaired) electrons. The second-order valence-corrected chi connectivity index (χ2v) is 4.66. The molecule has 1 fully saturated rings. The normalized spacial score (nSPS) is 14.6. The minimum Gasteiger partial charge on any atom is -0.497 e. The summed E-state index contributed by atoms with van der Waals surface area (Å²) < 4.78 is 5.12. The predicted molar refractivity (Wildman–Crippen MR) is 73.4 cm³/mol. The number of urea groups is 1. The van der Waals surface area contributed by atoms with Crippen LogP contribution in [0.3, 0.4) is 0 Å². The molecule has 1 aromatic rings. The van der Waals surface area contributed by atoms with Crippen LogP contribution < -0.4 is 10.1 Å². The van der Waals surface area contributed by atoms with E-state index in [1.807, 2.05) is 18.2 Å². The van der Waals surface area contributed by atoms with E-state index in [1.54, 1.807) is 18.1 Å². The number of benzene rings is 1. The molecular formula is C14H20N2O3. The number of nitrogens with one attached hydrogen (secondary N) is 1. The van der Waals surface area contributed by atoms with Crippen LogP contribution in [0.15, 0.2) is 24.3 Å². The summed E-state index contributed by atoms with van der Waals surface area (Å²) in [5, 5.41) is 11.9. The molecule has 2 amide bonds. The van der Waals surface area contributed by atoms with Gasteiger partial charge in [0.25, 0.3) is 0 Å². The van der Waals surface area contributed by atoms with Gasteiger partial charge in [0, 0.05) is 24.3 Å². The number of methoxy groups -OCH3 is 1. The van der Waals surface area contributed by atoms with Gasteiger partial charge < -0.3 is 20.1 Å². The maximum atomic E-state index is 12.2. The van der Waals surface area contributed by atoms with E-state index >= 15 is 0 Å². The molecule has 1 aromatic carbocycles. The van der Waals surface area contributed by atoms with Crippen LogP contribution in [0.2, 0.25) is 0 Å². The molecule has 0 bridgehead atoms. The highest BCUT2D eigenvalue weighted by molar-refractivity contribution is 5.89. The molecule has 5 heteroatoms. The molecule has 5 nitrogen and oxygen atoms in total. The van der Waals surface area contributed by atoms with Gasteiger partial charge in [-0.25, -0.2) is 4.79 Å². The van der Waals surface area contributed by atoms with Crippen molar-refractivity contribution < 1.29 is 14.6 Å². The van der Waals surface area contributed by atoms with Crippen molar-refractivity contribution in [3.63, 3.8) is 0 Å². The fourth-order valence-corrected chi connectivity index (χ4v) is 2.15. The Morgan fingerprint density at radius 3 is 2.89 bits per heavy atom. The Hall–Kier alpha value is -1.75. The second-order valence-electron chi connectivity index (χ2n) is 4.66. The molecule has 0 saturated heterocycles. The second kappa shape index (κ2) is 6.43. The molecule has 104 valence electrons. The molecule has 0 aromatic heterocycles. The summed E-state index contributed by atoms with van der Waals surface area (Å²) in [4.78, 5) is 13.9. The van der Waals surface area contributed by atoms with Gasteiger partial charge in [-0.05, 0) is 31.4 Å². The van der Waals surface area contributed by atoms with Gasteiger partial charge in [-0.15, -0.1) is 0 Å². The predicted octanol–water partition coefficient (Wildman–Crippen LogP) is 2.07. The Bertz CT molecular complexity index is 432. The van der Waals surface area contributed by atoms with Gasteiger partial charge in [0.05, 0.1) is 13.7 Å². The smallest absolute Gasteiger partial charge is 0.322 e. The Morgan fingerprint density at radius 2 is 2.32 bits per heavy atom. The summed E-state index contributed by atoms with van der Waals surface area (Å²) in [6, 6.07) is 7.35. The first kappa shape index (κ1) is 13.7. The van der Waals surface area contributed by atoms with Crippen molar-refractivity contribution in [1.82, 2.24) is 4.90 Å². The van der Waals surface area contributed by atoms with E-state index in [2.05, 4.69) is 5.32 Å². The van der Waals surface area contributed by atoms with Gasteiger partial charge in [-0.2, -0.15) is 0 Å². The number of carbonyl (C=O) groups is 1. The molecule has 0 heterocycles. The maximum absolute atomic E-state index is 12.2. The van der Waals surface area contributed by atoms with Crippen molar-refractivity contribution in [2.24, 2.45) is 0 Å². The summed E-state index contributed by atoms with van der Waals surface area (Å²) in [5.41, 5.74) is 0.701. The Morgan fingerprint density at radius 1 is 1.53 bits per heavy atom. The number of nitrogens with zero attached hydrogens (tertiary/aromatic N) is 1. The first-order valence-electron chi connectivity index (χ1n) is 6.57. The van der Waals surface area contributed by atoms with Crippen LogP contribution in [0.4, 0.5) is 10.5 Å². The highest BCUT2D eigenvalue weighted by Crippen LogP contribution is 2.25. The van der Waals surface area contributed by atoms with Crippen LogP contribution in [0.1, 0.15) is 19.3 Å². The van der Waals surface area contributed by atoms with Crippen molar-refractivity contribution in [1.29, 1.82) is 0 Å². The van der Waals surface area contributed by atoms with Gasteiger partial charge in [0.15, 0.2) is 0 Å². The van der Waals surface area contributed by atoms with Crippen molar-refractivity contribution >= 4 is 11.7 Å². The highest BCUT2D eigenvalue weighted by atomic mass is 16.5. The highest BCUT2D eigenvalue weighted by Gasteiger charge is 2.28. The lowest BCUT2D eigenvalue weighted by Crippen LogP contribution is -2.47. The molecule has 1 saturated carbocycles. The van der Waals surface area contributed by atoms with Gasteiger partial charge in [0.1, 0.15) is 5.75 Å². The van der Waals surface area contributed by atoms with Crippen molar-refractivity contribution in [3.05, 3.63) is 24.3 Å². The quantitative estimate of drug-likeness (QED) is 0.856.